The van der Waals surface area contributed by atoms with E-state index in [1.54, 1.807) is 6.33 Å². The largest absolute Gasteiger partial charge is 0.384 e. The zero-order chi connectivity index (χ0) is 26.9. The van der Waals surface area contributed by atoms with E-state index < -0.39 is 17.5 Å². The molecule has 0 saturated carbocycles. The first-order chi connectivity index (χ1) is 17.7. The van der Waals surface area contributed by atoms with Crippen LogP contribution >= 0.6 is 0 Å². The average molecular weight is 515 g/mol. The average Bonchev–Trinajstić information content (AvgIpc) is 3.27. The maximum absolute atomic E-state index is 14.0. The summed E-state index contributed by atoms with van der Waals surface area (Å²) in [5, 5.41) is 5.20. The van der Waals surface area contributed by atoms with Crippen LogP contribution in [0.3, 0.4) is 0 Å². The van der Waals surface area contributed by atoms with Crippen molar-refractivity contribution in [1.82, 2.24) is 30.0 Å². The van der Waals surface area contributed by atoms with E-state index in [9.17, 15) is 18.4 Å². The molecule has 1 saturated heterocycles. The number of aldehydes is 1. The van der Waals surface area contributed by atoms with Gasteiger partial charge in [0.2, 0.25) is 0 Å². The van der Waals surface area contributed by atoms with Gasteiger partial charge in [0, 0.05) is 51.0 Å². The number of rotatable bonds is 11. The molecule has 2 aromatic rings. The molecule has 1 aliphatic heterocycles. The fourth-order valence-electron chi connectivity index (χ4n) is 4.34. The summed E-state index contributed by atoms with van der Waals surface area (Å²) >= 11 is 0. The highest BCUT2D eigenvalue weighted by molar-refractivity contribution is 6.01. The third-order valence-electron chi connectivity index (χ3n) is 6.37. The van der Waals surface area contributed by atoms with Crippen molar-refractivity contribution >= 4 is 24.3 Å². The Morgan fingerprint density at radius 1 is 1.14 bits per heavy atom. The van der Waals surface area contributed by atoms with Gasteiger partial charge < -0.3 is 25.0 Å². The lowest BCUT2D eigenvalue weighted by Crippen LogP contribution is -2.44. The minimum Gasteiger partial charge on any atom is -0.384 e. The lowest BCUT2D eigenvalue weighted by atomic mass is 10.1. The molecule has 37 heavy (non-hydrogen) atoms. The van der Waals surface area contributed by atoms with Crippen molar-refractivity contribution in [2.24, 2.45) is 0 Å². The topological polar surface area (TPSA) is 82.5 Å². The van der Waals surface area contributed by atoms with Crippen LogP contribution in [-0.2, 0) is 16.1 Å². The second kappa shape index (κ2) is 13.3. The number of hydrogen-bond donors (Lipinski definition) is 2. The Hall–Kier alpha value is -3.37. The highest BCUT2D eigenvalue weighted by atomic mass is 19.1. The predicted octanol–water partition coefficient (Wildman–Crippen LogP) is 2.84. The van der Waals surface area contributed by atoms with Crippen molar-refractivity contribution in [1.29, 1.82) is 0 Å². The van der Waals surface area contributed by atoms with Crippen LogP contribution in [0.2, 0.25) is 0 Å². The summed E-state index contributed by atoms with van der Waals surface area (Å²) in [7, 11) is 3.62. The molecule has 0 radical (unpaired) electrons. The minimum atomic E-state index is -0.673. The number of carbonyl (C=O) groups is 2. The molecule has 8 nitrogen and oxygen atoms in total. The van der Waals surface area contributed by atoms with Gasteiger partial charge in [0.05, 0.1) is 17.7 Å². The maximum atomic E-state index is 14.0. The third-order valence-corrected chi connectivity index (χ3v) is 6.37. The van der Waals surface area contributed by atoms with E-state index >= 15 is 0 Å². The number of likely N-dealkylation sites (N-methyl/N-ethyl adjacent to an activating group) is 2. The van der Waals surface area contributed by atoms with E-state index in [1.807, 2.05) is 0 Å². The number of imidazole rings is 1. The lowest BCUT2D eigenvalue weighted by molar-refractivity contribution is -0.118. The maximum Gasteiger partial charge on any atom is 0.271 e. The molecular weight excluding hydrogens is 478 g/mol. The van der Waals surface area contributed by atoms with Crippen molar-refractivity contribution in [2.75, 3.05) is 46.8 Å². The van der Waals surface area contributed by atoms with Crippen LogP contribution in [0.4, 0.5) is 8.78 Å². The lowest BCUT2D eigenvalue weighted by Gasteiger charge is -2.32. The molecule has 3 rings (SSSR count). The number of piperazine rings is 1. The van der Waals surface area contributed by atoms with Gasteiger partial charge in [0.1, 0.15) is 17.3 Å². The molecule has 0 aliphatic carbocycles. The van der Waals surface area contributed by atoms with Crippen LogP contribution < -0.4 is 10.6 Å². The first-order valence-electron chi connectivity index (χ1n) is 12.5. The first kappa shape index (κ1) is 28.2. The summed E-state index contributed by atoms with van der Waals surface area (Å²) in [6.07, 6.45) is 6.00. The fourth-order valence-corrected chi connectivity index (χ4v) is 4.34. The molecule has 0 spiro atoms. The van der Waals surface area contributed by atoms with E-state index in [4.69, 9.17) is 0 Å². The Balaban J connectivity index is 1.72. The molecule has 200 valence electrons. The van der Waals surface area contributed by atoms with Crippen LogP contribution in [0, 0.1) is 11.6 Å². The molecule has 10 heteroatoms. The van der Waals surface area contributed by atoms with Gasteiger partial charge in [-0.25, -0.2) is 13.8 Å². The quantitative estimate of drug-likeness (QED) is 0.355. The van der Waals surface area contributed by atoms with Gasteiger partial charge in [-0.2, -0.15) is 0 Å². The number of halogens is 2. The van der Waals surface area contributed by atoms with Crippen LogP contribution in [0.1, 0.15) is 43.1 Å². The molecule has 2 N–H and O–H groups in total. The molecular formula is C27H36F2N6O2. The molecule has 1 aromatic carbocycles. The Bertz CT molecular complexity index is 1150. The molecule has 0 bridgehead atoms. The number of nitrogens with one attached hydrogen (secondary N) is 2. The molecule has 1 fully saturated rings. The van der Waals surface area contributed by atoms with Gasteiger partial charge in [-0.3, -0.25) is 9.59 Å². The normalized spacial score (nSPS) is 15.8. The molecule has 1 amide bonds. The van der Waals surface area contributed by atoms with Gasteiger partial charge in [-0.15, -0.1) is 0 Å². The van der Waals surface area contributed by atoms with Gasteiger partial charge >= 0.3 is 0 Å². The molecule has 2 heterocycles. The van der Waals surface area contributed by atoms with E-state index in [0.29, 0.717) is 12.0 Å². The van der Waals surface area contributed by atoms with Gasteiger partial charge in [-0.1, -0.05) is 13.8 Å². The molecule has 0 unspecified atom stereocenters. The van der Waals surface area contributed by atoms with Gasteiger partial charge in [0.25, 0.3) is 5.91 Å². The highest BCUT2D eigenvalue weighted by Gasteiger charge is 2.17. The number of hydrogen-bond acceptors (Lipinski definition) is 6. The Kier molecular flexibility index (Phi) is 10.1. The van der Waals surface area contributed by atoms with Crippen molar-refractivity contribution in [3.63, 3.8) is 0 Å². The number of allylic oxidation sites excluding steroid dienone is 1. The number of aryl methyl sites for hydroxylation is 1. The van der Waals surface area contributed by atoms with Crippen LogP contribution in [0.15, 0.2) is 35.9 Å². The van der Waals surface area contributed by atoms with E-state index in [-0.39, 0.29) is 22.9 Å². The fraction of sp³-hybridized carbons (Fsp3) is 0.444. The monoisotopic (exact) mass is 514 g/mol. The zero-order valence-electron chi connectivity index (χ0n) is 21.9. The number of aromatic nitrogens is 2. The van der Waals surface area contributed by atoms with E-state index in [2.05, 4.69) is 50.9 Å². The molecule has 1 aromatic heterocycles. The van der Waals surface area contributed by atoms with E-state index in [1.165, 1.54) is 19.2 Å². The highest BCUT2D eigenvalue weighted by Crippen LogP contribution is 2.21. The third kappa shape index (κ3) is 7.80. The first-order valence-corrected chi connectivity index (χ1v) is 12.5. The molecule has 0 atom stereocenters. The van der Waals surface area contributed by atoms with Crippen molar-refractivity contribution in [3.8, 4) is 0 Å². The Morgan fingerprint density at radius 2 is 1.86 bits per heavy atom. The Labute approximate surface area is 217 Å². The number of amides is 1. The van der Waals surface area contributed by atoms with Crippen molar-refractivity contribution < 1.29 is 18.4 Å². The summed E-state index contributed by atoms with van der Waals surface area (Å²) in [4.78, 5) is 33.9. The van der Waals surface area contributed by atoms with Crippen LogP contribution in [0.25, 0.3) is 12.2 Å². The van der Waals surface area contributed by atoms with Gasteiger partial charge in [-0.05, 0) is 56.3 Å². The number of benzene rings is 1. The SMILES string of the molecule is CN/C(=C\c1cc(F)ccc1F)C(=O)N/C(C=O)=C\c1ncn(CCCN2CCN(C)CC2)c1C(C)C. The smallest absolute Gasteiger partial charge is 0.271 e. The summed E-state index contributed by atoms with van der Waals surface area (Å²) in [5.41, 5.74) is 1.46. The zero-order valence-corrected chi connectivity index (χ0v) is 21.9. The van der Waals surface area contributed by atoms with Crippen LogP contribution in [0.5, 0.6) is 0 Å². The van der Waals surface area contributed by atoms with Crippen LogP contribution in [-0.4, -0.2) is 78.4 Å². The minimum absolute atomic E-state index is 0.00968. The Morgan fingerprint density at radius 3 is 2.51 bits per heavy atom. The van der Waals surface area contributed by atoms with Crippen molar-refractivity contribution in [3.05, 3.63) is 64.5 Å². The predicted molar refractivity (Wildman–Crippen MR) is 140 cm³/mol. The molecule has 1 aliphatic rings. The second-order valence-electron chi connectivity index (χ2n) is 9.51. The summed E-state index contributed by atoms with van der Waals surface area (Å²) in [5.74, 6) is -1.82. The standard InChI is InChI=1S/C27H36F2N6O2/c1-19(2)26-24(31-18-35(26)9-5-8-34-12-10-33(4)11-13-34)16-22(17-36)32-27(37)25(30-3)15-20-14-21(28)6-7-23(20)29/h6-7,14-19,30H,5,8-13H2,1-4H3,(H,32,37)/b22-16-,25-15-. The second-order valence-corrected chi connectivity index (χ2v) is 9.51. The number of carbonyl (C=O) groups excluding carboxylic acids is 2. The number of nitrogens with zero attached hydrogens (tertiary/aromatic N) is 4. The summed E-state index contributed by atoms with van der Waals surface area (Å²) in [6.45, 7) is 10.2. The van der Waals surface area contributed by atoms with Gasteiger partial charge in [0.15, 0.2) is 6.29 Å². The summed E-state index contributed by atoms with van der Waals surface area (Å²) in [6, 6.07) is 2.97. The van der Waals surface area contributed by atoms with Crippen molar-refractivity contribution in [2.45, 2.75) is 32.7 Å². The summed E-state index contributed by atoms with van der Waals surface area (Å²) < 4.78 is 29.6. The van der Waals surface area contributed by atoms with E-state index in [0.717, 1.165) is 69.6 Å².